The number of nitrogens with zero attached hydrogens (tertiary/aromatic N) is 2. The molecule has 4 nitrogen and oxygen atoms in total. The van der Waals surface area contributed by atoms with Crippen LogP contribution in [0, 0.1) is 13.8 Å². The molecule has 1 heterocycles. The fourth-order valence-corrected chi connectivity index (χ4v) is 1.29. The van der Waals surface area contributed by atoms with Crippen molar-refractivity contribution in [3.63, 3.8) is 0 Å². The molecule has 1 unspecified atom stereocenters. The molecular weight excluding hydrogens is 246 g/mol. The molecule has 78 valence electrons. The molecule has 0 aliphatic rings. The summed E-state index contributed by atoms with van der Waals surface area (Å²) in [6.45, 7) is 5.59. The zero-order chi connectivity index (χ0) is 10.9. The lowest BCUT2D eigenvalue weighted by Crippen LogP contribution is -2.20. The molecular formula is C9H14BrN3O. The van der Waals surface area contributed by atoms with Crippen molar-refractivity contribution in [1.82, 2.24) is 9.78 Å². The first-order chi connectivity index (χ1) is 6.43. The van der Waals surface area contributed by atoms with Crippen LogP contribution >= 0.6 is 15.9 Å². The Morgan fingerprint density at radius 1 is 1.57 bits per heavy atom. The molecule has 0 radical (unpaired) electrons. The monoisotopic (exact) mass is 259 g/mol. The fraction of sp³-hybridized carbons (Fsp3) is 0.556. The molecule has 1 aromatic heterocycles. The molecule has 5 heteroatoms. The van der Waals surface area contributed by atoms with E-state index in [9.17, 15) is 4.79 Å². The van der Waals surface area contributed by atoms with Crippen molar-refractivity contribution >= 4 is 27.5 Å². The fourth-order valence-electron chi connectivity index (χ4n) is 1.18. The van der Waals surface area contributed by atoms with Gasteiger partial charge in [0.15, 0.2) is 0 Å². The van der Waals surface area contributed by atoms with Crippen LogP contribution < -0.4 is 5.32 Å². The number of halogens is 1. The van der Waals surface area contributed by atoms with Crippen LogP contribution in [0.15, 0.2) is 0 Å². The van der Waals surface area contributed by atoms with Crippen LogP contribution in [0.4, 0.5) is 5.69 Å². The number of nitrogens with one attached hydrogen (secondary N) is 1. The van der Waals surface area contributed by atoms with E-state index in [1.165, 1.54) is 0 Å². The highest BCUT2D eigenvalue weighted by molar-refractivity contribution is 9.10. The number of hydrogen-bond acceptors (Lipinski definition) is 2. The van der Waals surface area contributed by atoms with Crippen molar-refractivity contribution in [1.29, 1.82) is 0 Å². The van der Waals surface area contributed by atoms with Gasteiger partial charge in [0.25, 0.3) is 0 Å². The second-order valence-corrected chi connectivity index (χ2v) is 4.65. The molecule has 0 bridgehead atoms. The summed E-state index contributed by atoms with van der Waals surface area (Å²) in [4.78, 5) is 11.2. The average Bonchev–Trinajstić information content (AvgIpc) is 2.32. The predicted octanol–water partition coefficient (Wildman–Crippen LogP) is 1.76. The third-order valence-electron chi connectivity index (χ3n) is 2.12. The molecule has 0 saturated carbocycles. The Labute approximate surface area is 91.8 Å². The molecule has 1 rings (SSSR count). The van der Waals surface area contributed by atoms with Crippen LogP contribution in [0.1, 0.15) is 18.3 Å². The van der Waals surface area contributed by atoms with Crippen LogP contribution in [0.3, 0.4) is 0 Å². The van der Waals surface area contributed by atoms with Crippen molar-refractivity contribution in [2.45, 2.75) is 25.6 Å². The van der Waals surface area contributed by atoms with Gasteiger partial charge in [-0.2, -0.15) is 5.10 Å². The van der Waals surface area contributed by atoms with E-state index in [0.29, 0.717) is 0 Å². The third-order valence-corrected chi connectivity index (χ3v) is 2.53. The van der Waals surface area contributed by atoms with E-state index in [2.05, 4.69) is 26.3 Å². The normalized spacial score (nSPS) is 12.6. The maximum Gasteiger partial charge on any atom is 0.237 e. The highest BCUT2D eigenvalue weighted by Crippen LogP contribution is 2.19. The van der Waals surface area contributed by atoms with Gasteiger partial charge in [-0.1, -0.05) is 15.9 Å². The number of hydrogen-bond donors (Lipinski definition) is 1. The first-order valence-corrected chi connectivity index (χ1v) is 5.30. The van der Waals surface area contributed by atoms with Crippen LogP contribution in [-0.4, -0.2) is 20.5 Å². The standard InChI is InChI=1S/C9H14BrN3O/c1-5(10)9(14)11-8-6(2)12-13(4)7(8)3/h5H,1-4H3,(H,11,14). The summed E-state index contributed by atoms with van der Waals surface area (Å²) in [6.07, 6.45) is 0. The Balaban J connectivity index is 2.92. The van der Waals surface area contributed by atoms with Crippen molar-refractivity contribution < 1.29 is 4.79 Å². The van der Waals surface area contributed by atoms with E-state index in [1.807, 2.05) is 20.9 Å². The first-order valence-electron chi connectivity index (χ1n) is 4.38. The minimum Gasteiger partial charge on any atom is -0.322 e. The molecule has 14 heavy (non-hydrogen) atoms. The molecule has 0 aliphatic heterocycles. The number of aromatic nitrogens is 2. The summed E-state index contributed by atoms with van der Waals surface area (Å²) >= 11 is 3.21. The zero-order valence-corrected chi connectivity index (χ0v) is 10.3. The molecule has 0 aliphatic carbocycles. The highest BCUT2D eigenvalue weighted by atomic mass is 79.9. The Morgan fingerprint density at radius 2 is 2.14 bits per heavy atom. The van der Waals surface area contributed by atoms with Gasteiger partial charge in [0.05, 0.1) is 21.9 Å². The minimum atomic E-state index is -0.193. The van der Waals surface area contributed by atoms with Crippen LogP contribution in [0.2, 0.25) is 0 Å². The van der Waals surface area contributed by atoms with E-state index in [-0.39, 0.29) is 10.7 Å². The average molecular weight is 260 g/mol. The van der Waals surface area contributed by atoms with Gasteiger partial charge in [0.1, 0.15) is 0 Å². The summed E-state index contributed by atoms with van der Waals surface area (Å²) in [6, 6.07) is 0. The molecule has 1 amide bonds. The number of carbonyl (C=O) groups excluding carboxylic acids is 1. The van der Waals surface area contributed by atoms with Crippen molar-refractivity contribution in [3.8, 4) is 0 Å². The largest absolute Gasteiger partial charge is 0.322 e. The molecule has 1 aromatic rings. The Kier molecular flexibility index (Phi) is 3.31. The van der Waals surface area contributed by atoms with E-state index in [1.54, 1.807) is 11.6 Å². The lowest BCUT2D eigenvalue weighted by molar-refractivity contribution is -0.115. The van der Waals surface area contributed by atoms with Gasteiger partial charge in [-0.05, 0) is 20.8 Å². The number of alkyl halides is 1. The van der Waals surface area contributed by atoms with Gasteiger partial charge < -0.3 is 5.32 Å². The van der Waals surface area contributed by atoms with Gasteiger partial charge in [0, 0.05) is 7.05 Å². The predicted molar refractivity (Wildman–Crippen MR) is 59.7 cm³/mol. The van der Waals surface area contributed by atoms with Gasteiger partial charge in [-0.25, -0.2) is 0 Å². The first kappa shape index (κ1) is 11.2. The lowest BCUT2D eigenvalue weighted by atomic mass is 10.3. The smallest absolute Gasteiger partial charge is 0.237 e. The maximum atomic E-state index is 11.4. The molecule has 0 aromatic carbocycles. The second-order valence-electron chi connectivity index (χ2n) is 3.27. The molecule has 1 N–H and O–H groups in total. The zero-order valence-electron chi connectivity index (χ0n) is 8.76. The summed E-state index contributed by atoms with van der Waals surface area (Å²) in [5, 5.41) is 7.04. The number of aryl methyl sites for hydroxylation is 2. The SMILES string of the molecule is Cc1nn(C)c(C)c1NC(=O)C(C)Br. The van der Waals surface area contributed by atoms with Gasteiger partial charge in [-0.3, -0.25) is 9.48 Å². The molecule has 0 spiro atoms. The Hall–Kier alpha value is -0.840. The maximum absolute atomic E-state index is 11.4. The summed E-state index contributed by atoms with van der Waals surface area (Å²) < 4.78 is 1.75. The molecule has 0 fully saturated rings. The van der Waals surface area contributed by atoms with Gasteiger partial charge in [-0.15, -0.1) is 0 Å². The van der Waals surface area contributed by atoms with Crippen LogP contribution in [-0.2, 0) is 11.8 Å². The van der Waals surface area contributed by atoms with E-state index in [4.69, 9.17) is 0 Å². The topological polar surface area (TPSA) is 46.9 Å². The van der Waals surface area contributed by atoms with Gasteiger partial charge in [0.2, 0.25) is 5.91 Å². The minimum absolute atomic E-state index is 0.0517. The lowest BCUT2D eigenvalue weighted by Gasteiger charge is -2.06. The highest BCUT2D eigenvalue weighted by Gasteiger charge is 2.14. The second kappa shape index (κ2) is 4.13. The van der Waals surface area contributed by atoms with Crippen molar-refractivity contribution in [3.05, 3.63) is 11.4 Å². The quantitative estimate of drug-likeness (QED) is 0.823. The van der Waals surface area contributed by atoms with E-state index in [0.717, 1.165) is 17.1 Å². The van der Waals surface area contributed by atoms with Crippen LogP contribution in [0.25, 0.3) is 0 Å². The molecule has 1 atom stereocenters. The van der Waals surface area contributed by atoms with E-state index < -0.39 is 0 Å². The summed E-state index contributed by atoms with van der Waals surface area (Å²) in [5.74, 6) is -0.0517. The van der Waals surface area contributed by atoms with Crippen molar-refractivity contribution in [2.75, 3.05) is 5.32 Å². The Bertz CT molecular complexity index is 357. The number of rotatable bonds is 2. The number of amides is 1. The summed E-state index contributed by atoms with van der Waals surface area (Å²) in [5.41, 5.74) is 2.61. The third kappa shape index (κ3) is 2.15. The van der Waals surface area contributed by atoms with Crippen molar-refractivity contribution in [2.24, 2.45) is 7.05 Å². The molecule has 0 saturated heterocycles. The Morgan fingerprint density at radius 3 is 2.50 bits per heavy atom. The van der Waals surface area contributed by atoms with Gasteiger partial charge >= 0.3 is 0 Å². The summed E-state index contributed by atoms with van der Waals surface area (Å²) in [7, 11) is 1.86. The number of carbonyl (C=O) groups is 1. The van der Waals surface area contributed by atoms with Crippen LogP contribution in [0.5, 0.6) is 0 Å². The van der Waals surface area contributed by atoms with E-state index >= 15 is 0 Å². The number of anilines is 1.